The van der Waals surface area contributed by atoms with Gasteiger partial charge in [0.15, 0.2) is 0 Å². The molecule has 1 saturated heterocycles. The van der Waals surface area contributed by atoms with Gasteiger partial charge in [0.1, 0.15) is 0 Å². The van der Waals surface area contributed by atoms with Crippen molar-refractivity contribution in [3.05, 3.63) is 0 Å². The van der Waals surface area contributed by atoms with E-state index in [2.05, 4.69) is 4.90 Å². The maximum Gasteiger partial charge on any atom is 0.310 e. The van der Waals surface area contributed by atoms with E-state index < -0.39 is 11.4 Å². The van der Waals surface area contributed by atoms with Crippen molar-refractivity contribution < 1.29 is 15.0 Å². The van der Waals surface area contributed by atoms with Gasteiger partial charge in [-0.15, -0.1) is 0 Å². The Labute approximate surface area is 90.9 Å². The summed E-state index contributed by atoms with van der Waals surface area (Å²) in [5.41, 5.74) is -0.548. The Hall–Kier alpha value is -0.610. The van der Waals surface area contributed by atoms with Crippen LogP contribution in [0.1, 0.15) is 32.6 Å². The fourth-order valence-corrected chi connectivity index (χ4v) is 2.33. The quantitative estimate of drug-likeness (QED) is 0.716. The number of carboxylic acids is 1. The standard InChI is InChI=1S/C11H21NO3/c1-2-11(10(14)15)5-3-6-12(9-11)7-4-8-13/h13H,2-9H2,1H3,(H,14,15). The minimum Gasteiger partial charge on any atom is -0.481 e. The SMILES string of the molecule is CCC1(C(=O)O)CCCN(CCCO)C1. The summed E-state index contributed by atoms with van der Waals surface area (Å²) in [6, 6.07) is 0. The number of carbonyl (C=O) groups is 1. The molecule has 0 aromatic rings. The molecule has 1 atom stereocenters. The zero-order valence-electron chi connectivity index (χ0n) is 9.41. The number of aliphatic hydroxyl groups excluding tert-OH is 1. The fraction of sp³-hybridized carbons (Fsp3) is 0.909. The molecule has 1 unspecified atom stereocenters. The highest BCUT2D eigenvalue weighted by Gasteiger charge is 2.40. The van der Waals surface area contributed by atoms with E-state index >= 15 is 0 Å². The van der Waals surface area contributed by atoms with E-state index in [0.29, 0.717) is 13.0 Å². The number of likely N-dealkylation sites (tertiary alicyclic amines) is 1. The molecule has 1 rings (SSSR count). The summed E-state index contributed by atoms with van der Waals surface area (Å²) in [6.45, 7) is 4.55. The van der Waals surface area contributed by atoms with Crippen molar-refractivity contribution in [2.45, 2.75) is 32.6 Å². The van der Waals surface area contributed by atoms with Crippen LogP contribution in [-0.4, -0.2) is 47.3 Å². The number of hydrogen-bond donors (Lipinski definition) is 2. The molecule has 1 heterocycles. The van der Waals surface area contributed by atoms with Gasteiger partial charge >= 0.3 is 5.97 Å². The molecule has 0 aliphatic carbocycles. The van der Waals surface area contributed by atoms with Crippen LogP contribution in [-0.2, 0) is 4.79 Å². The molecule has 15 heavy (non-hydrogen) atoms. The number of carboxylic acid groups (broad SMARTS) is 1. The molecule has 0 aromatic carbocycles. The minimum atomic E-state index is -0.668. The average molecular weight is 215 g/mol. The lowest BCUT2D eigenvalue weighted by Gasteiger charge is -2.39. The van der Waals surface area contributed by atoms with Gasteiger partial charge in [0, 0.05) is 19.7 Å². The predicted molar refractivity (Wildman–Crippen MR) is 57.7 cm³/mol. The van der Waals surface area contributed by atoms with Crippen LogP contribution in [0.4, 0.5) is 0 Å². The first-order valence-electron chi connectivity index (χ1n) is 5.71. The largest absolute Gasteiger partial charge is 0.481 e. The Kier molecular flexibility index (Phi) is 4.54. The third kappa shape index (κ3) is 2.92. The van der Waals surface area contributed by atoms with Gasteiger partial charge in [0.2, 0.25) is 0 Å². The van der Waals surface area contributed by atoms with Gasteiger partial charge in [-0.25, -0.2) is 0 Å². The Morgan fingerprint density at radius 1 is 1.53 bits per heavy atom. The summed E-state index contributed by atoms with van der Waals surface area (Å²) >= 11 is 0. The van der Waals surface area contributed by atoms with Crippen LogP contribution in [0, 0.1) is 5.41 Å². The number of hydrogen-bond acceptors (Lipinski definition) is 3. The molecule has 0 aromatic heterocycles. The van der Waals surface area contributed by atoms with Crippen LogP contribution in [0.25, 0.3) is 0 Å². The summed E-state index contributed by atoms with van der Waals surface area (Å²) < 4.78 is 0. The summed E-state index contributed by atoms with van der Waals surface area (Å²) in [4.78, 5) is 13.4. The molecule has 0 amide bonds. The monoisotopic (exact) mass is 215 g/mol. The number of rotatable bonds is 5. The summed E-state index contributed by atoms with van der Waals surface area (Å²) in [5, 5.41) is 18.0. The Balaban J connectivity index is 2.56. The first-order valence-corrected chi connectivity index (χ1v) is 5.71. The Morgan fingerprint density at radius 3 is 2.80 bits per heavy atom. The zero-order valence-corrected chi connectivity index (χ0v) is 9.41. The van der Waals surface area contributed by atoms with Crippen LogP contribution >= 0.6 is 0 Å². The molecule has 0 saturated carbocycles. The van der Waals surface area contributed by atoms with E-state index in [-0.39, 0.29) is 6.61 Å². The molecule has 88 valence electrons. The maximum atomic E-state index is 11.3. The second kappa shape index (κ2) is 5.47. The molecule has 0 spiro atoms. The fourth-order valence-electron chi connectivity index (χ4n) is 2.33. The highest BCUT2D eigenvalue weighted by molar-refractivity contribution is 5.75. The average Bonchev–Trinajstić information content (AvgIpc) is 2.26. The number of piperidine rings is 1. The molecule has 1 aliphatic heterocycles. The van der Waals surface area contributed by atoms with Gasteiger partial charge in [-0.1, -0.05) is 6.92 Å². The normalized spacial score (nSPS) is 27.9. The highest BCUT2D eigenvalue weighted by Crippen LogP contribution is 2.33. The number of nitrogens with zero attached hydrogens (tertiary/aromatic N) is 1. The van der Waals surface area contributed by atoms with Crippen molar-refractivity contribution >= 4 is 5.97 Å². The van der Waals surface area contributed by atoms with Crippen LogP contribution < -0.4 is 0 Å². The van der Waals surface area contributed by atoms with Crippen LogP contribution in [0.5, 0.6) is 0 Å². The van der Waals surface area contributed by atoms with Crippen LogP contribution in [0.2, 0.25) is 0 Å². The molecule has 2 N–H and O–H groups in total. The third-order valence-corrected chi connectivity index (χ3v) is 3.42. The molecule has 4 heteroatoms. The van der Waals surface area contributed by atoms with Crippen molar-refractivity contribution in [2.24, 2.45) is 5.41 Å². The van der Waals surface area contributed by atoms with E-state index in [1.807, 2.05) is 6.92 Å². The Bertz CT molecular complexity index is 220. The van der Waals surface area contributed by atoms with Crippen molar-refractivity contribution in [3.63, 3.8) is 0 Å². The Morgan fingerprint density at radius 2 is 2.27 bits per heavy atom. The lowest BCUT2D eigenvalue weighted by atomic mass is 9.77. The van der Waals surface area contributed by atoms with Gasteiger partial charge in [-0.3, -0.25) is 4.79 Å². The van der Waals surface area contributed by atoms with Crippen molar-refractivity contribution in [3.8, 4) is 0 Å². The van der Waals surface area contributed by atoms with Crippen LogP contribution in [0.3, 0.4) is 0 Å². The van der Waals surface area contributed by atoms with Gasteiger partial charge in [0.25, 0.3) is 0 Å². The molecular formula is C11H21NO3. The van der Waals surface area contributed by atoms with E-state index in [4.69, 9.17) is 5.11 Å². The van der Waals surface area contributed by atoms with Crippen molar-refractivity contribution in [1.29, 1.82) is 0 Å². The van der Waals surface area contributed by atoms with E-state index in [0.717, 1.165) is 32.4 Å². The lowest BCUT2D eigenvalue weighted by Crippen LogP contribution is -2.47. The molecule has 0 radical (unpaired) electrons. The van der Waals surface area contributed by atoms with E-state index in [1.165, 1.54) is 0 Å². The summed E-state index contributed by atoms with van der Waals surface area (Å²) in [5.74, 6) is -0.668. The van der Waals surface area contributed by atoms with E-state index in [9.17, 15) is 9.90 Å². The molecular weight excluding hydrogens is 194 g/mol. The number of aliphatic hydroxyl groups is 1. The lowest BCUT2D eigenvalue weighted by molar-refractivity contribution is -0.152. The van der Waals surface area contributed by atoms with Gasteiger partial charge in [-0.2, -0.15) is 0 Å². The third-order valence-electron chi connectivity index (χ3n) is 3.42. The topological polar surface area (TPSA) is 60.8 Å². The molecule has 4 nitrogen and oxygen atoms in total. The zero-order chi connectivity index (χ0) is 11.3. The second-order valence-electron chi connectivity index (χ2n) is 4.40. The molecule has 0 bridgehead atoms. The van der Waals surface area contributed by atoms with Crippen molar-refractivity contribution in [1.82, 2.24) is 4.90 Å². The van der Waals surface area contributed by atoms with Crippen molar-refractivity contribution in [2.75, 3.05) is 26.2 Å². The van der Waals surface area contributed by atoms with E-state index in [1.54, 1.807) is 0 Å². The minimum absolute atomic E-state index is 0.183. The molecule has 1 aliphatic rings. The maximum absolute atomic E-state index is 11.3. The summed E-state index contributed by atoms with van der Waals surface area (Å²) in [6.07, 6.45) is 3.16. The van der Waals surface area contributed by atoms with Gasteiger partial charge in [-0.05, 0) is 32.2 Å². The van der Waals surface area contributed by atoms with Crippen LogP contribution in [0.15, 0.2) is 0 Å². The first-order chi connectivity index (χ1) is 7.14. The highest BCUT2D eigenvalue weighted by atomic mass is 16.4. The van der Waals surface area contributed by atoms with Gasteiger partial charge < -0.3 is 15.1 Å². The second-order valence-corrected chi connectivity index (χ2v) is 4.40. The smallest absolute Gasteiger partial charge is 0.310 e. The predicted octanol–water partition coefficient (Wildman–Crippen LogP) is 0.946. The number of aliphatic carboxylic acids is 1. The summed E-state index contributed by atoms with van der Waals surface area (Å²) in [7, 11) is 0. The first kappa shape index (κ1) is 12.5. The van der Waals surface area contributed by atoms with Gasteiger partial charge in [0.05, 0.1) is 5.41 Å². The molecule has 1 fully saturated rings.